The Hall–Kier alpha value is -1.51. The highest BCUT2D eigenvalue weighted by atomic mass is 16.4. The molecule has 1 unspecified atom stereocenters. The Morgan fingerprint density at radius 1 is 1.44 bits per heavy atom. The van der Waals surface area contributed by atoms with Crippen molar-refractivity contribution in [3.8, 4) is 0 Å². The van der Waals surface area contributed by atoms with Gasteiger partial charge in [-0.1, -0.05) is 33.8 Å². The first kappa shape index (κ1) is 12.6. The predicted octanol–water partition coefficient (Wildman–Crippen LogP) is 3.91. The SMILES string of the molecule is CC.CCC(C)c1ccc2oc(=O)[nH]c2c1.[HH]. The van der Waals surface area contributed by atoms with Crippen molar-refractivity contribution < 1.29 is 5.84 Å². The first-order valence-corrected chi connectivity index (χ1v) is 5.83. The standard InChI is InChI=1S/C11H13NO2.C2H6.H2/c1-3-7(2)8-4-5-10-9(6-8)12-11(13)14-10;1-2;/h4-7H,3H2,1-2H3,(H,12,13);1-2H3;1H. The molecule has 0 aliphatic rings. The second-order valence-electron chi connectivity index (χ2n) is 3.58. The zero-order chi connectivity index (χ0) is 12.1. The summed E-state index contributed by atoms with van der Waals surface area (Å²) in [6.07, 6.45) is 1.09. The van der Waals surface area contributed by atoms with Crippen LogP contribution in [0.4, 0.5) is 0 Å². The Bertz CT molecular complexity index is 501. The van der Waals surface area contributed by atoms with Gasteiger partial charge in [-0.25, -0.2) is 4.79 Å². The van der Waals surface area contributed by atoms with Gasteiger partial charge in [-0.05, 0) is 30.0 Å². The smallest absolute Gasteiger partial charge is 0.408 e. The lowest BCUT2D eigenvalue weighted by Gasteiger charge is -2.07. The molecular weight excluding hydrogens is 202 g/mol. The number of aromatic nitrogens is 1. The third-order valence-corrected chi connectivity index (χ3v) is 2.62. The van der Waals surface area contributed by atoms with Crippen LogP contribution in [-0.4, -0.2) is 4.98 Å². The number of hydrogen-bond acceptors (Lipinski definition) is 2. The summed E-state index contributed by atoms with van der Waals surface area (Å²) in [5.74, 6) is 0.124. The molecule has 16 heavy (non-hydrogen) atoms. The molecule has 0 spiro atoms. The number of hydrogen-bond donors (Lipinski definition) is 1. The van der Waals surface area contributed by atoms with Gasteiger partial charge in [0.2, 0.25) is 0 Å². The molecule has 0 fully saturated rings. The summed E-state index contributed by atoms with van der Waals surface area (Å²) in [5.41, 5.74) is 2.65. The zero-order valence-electron chi connectivity index (χ0n) is 10.3. The lowest BCUT2D eigenvalue weighted by molar-refractivity contribution is 0.555. The number of nitrogens with one attached hydrogen (secondary N) is 1. The van der Waals surface area contributed by atoms with Crippen LogP contribution in [0, 0.1) is 0 Å². The third kappa shape index (κ3) is 2.54. The van der Waals surface area contributed by atoms with E-state index in [2.05, 4.69) is 18.8 Å². The predicted molar refractivity (Wildman–Crippen MR) is 69.0 cm³/mol. The van der Waals surface area contributed by atoms with Gasteiger partial charge in [-0.3, -0.25) is 4.98 Å². The number of rotatable bonds is 2. The maximum Gasteiger partial charge on any atom is 0.417 e. The molecule has 3 nitrogen and oxygen atoms in total. The molecule has 1 N–H and O–H groups in total. The second kappa shape index (κ2) is 5.54. The minimum absolute atomic E-state index is 0. The second-order valence-corrected chi connectivity index (χ2v) is 3.58. The fraction of sp³-hybridized carbons (Fsp3) is 0.462. The van der Waals surface area contributed by atoms with E-state index in [1.165, 1.54) is 5.56 Å². The fourth-order valence-corrected chi connectivity index (χ4v) is 1.51. The fourth-order valence-electron chi connectivity index (χ4n) is 1.51. The topological polar surface area (TPSA) is 46.0 Å². The first-order valence-electron chi connectivity index (χ1n) is 5.83. The molecule has 0 aliphatic heterocycles. The van der Waals surface area contributed by atoms with Gasteiger partial charge in [0, 0.05) is 1.43 Å². The Balaban J connectivity index is 0.000000811. The molecule has 90 valence electrons. The van der Waals surface area contributed by atoms with E-state index in [-0.39, 0.29) is 7.18 Å². The van der Waals surface area contributed by atoms with Crippen molar-refractivity contribution in [1.82, 2.24) is 4.98 Å². The van der Waals surface area contributed by atoms with Gasteiger partial charge in [0.05, 0.1) is 5.52 Å². The van der Waals surface area contributed by atoms with Crippen LogP contribution < -0.4 is 5.76 Å². The molecule has 1 aromatic carbocycles. The Labute approximate surface area is 97.0 Å². The maximum atomic E-state index is 10.9. The van der Waals surface area contributed by atoms with Gasteiger partial charge >= 0.3 is 5.76 Å². The van der Waals surface area contributed by atoms with Gasteiger partial charge in [0.15, 0.2) is 5.58 Å². The van der Waals surface area contributed by atoms with Crippen LogP contribution in [0.25, 0.3) is 11.1 Å². The minimum atomic E-state index is -0.388. The molecule has 0 saturated carbocycles. The average Bonchev–Trinajstić information content (AvgIpc) is 2.69. The maximum absolute atomic E-state index is 10.9. The molecule has 0 aliphatic carbocycles. The highest BCUT2D eigenvalue weighted by Crippen LogP contribution is 2.21. The number of oxazole rings is 1. The van der Waals surface area contributed by atoms with E-state index in [0.29, 0.717) is 11.5 Å². The summed E-state index contributed by atoms with van der Waals surface area (Å²) in [6.45, 7) is 8.31. The quantitative estimate of drug-likeness (QED) is 0.839. The lowest BCUT2D eigenvalue weighted by atomic mass is 9.98. The Kier molecular flexibility index (Phi) is 4.35. The molecule has 1 atom stereocenters. The van der Waals surface area contributed by atoms with E-state index in [9.17, 15) is 4.79 Å². The van der Waals surface area contributed by atoms with E-state index in [1.807, 2.05) is 32.0 Å². The van der Waals surface area contributed by atoms with Crippen LogP contribution in [0.1, 0.15) is 47.0 Å². The average molecular weight is 223 g/mol. The molecule has 1 aromatic heterocycles. The lowest BCUT2D eigenvalue weighted by Crippen LogP contribution is -1.93. The Morgan fingerprint density at radius 3 is 2.75 bits per heavy atom. The monoisotopic (exact) mass is 223 g/mol. The molecule has 1 heterocycles. The molecule has 2 aromatic rings. The number of H-pyrrole nitrogens is 1. The summed E-state index contributed by atoms with van der Waals surface area (Å²) in [7, 11) is 0. The molecule has 0 bridgehead atoms. The van der Waals surface area contributed by atoms with Crippen molar-refractivity contribution in [1.29, 1.82) is 0 Å². The number of fused-ring (bicyclic) bond motifs is 1. The third-order valence-electron chi connectivity index (χ3n) is 2.62. The molecule has 0 amide bonds. The molecule has 3 heteroatoms. The van der Waals surface area contributed by atoms with E-state index < -0.39 is 0 Å². The van der Waals surface area contributed by atoms with Gasteiger partial charge in [-0.2, -0.15) is 0 Å². The minimum Gasteiger partial charge on any atom is -0.408 e. The summed E-state index contributed by atoms with van der Waals surface area (Å²) in [4.78, 5) is 13.6. The highest BCUT2D eigenvalue weighted by molar-refractivity contribution is 5.72. The zero-order valence-corrected chi connectivity index (χ0v) is 10.3. The van der Waals surface area contributed by atoms with Gasteiger partial charge < -0.3 is 4.42 Å². The van der Waals surface area contributed by atoms with Crippen LogP contribution in [0.5, 0.6) is 0 Å². The normalized spacial score (nSPS) is 12.0. The van der Waals surface area contributed by atoms with Crippen LogP contribution in [0.15, 0.2) is 27.4 Å². The van der Waals surface area contributed by atoms with E-state index in [1.54, 1.807) is 0 Å². The molecular formula is C13H21NO2. The van der Waals surface area contributed by atoms with Crippen LogP contribution in [0.3, 0.4) is 0 Å². The van der Waals surface area contributed by atoms with Gasteiger partial charge in [0.1, 0.15) is 0 Å². The summed E-state index contributed by atoms with van der Waals surface area (Å²) in [5, 5.41) is 0. The molecule has 0 saturated heterocycles. The highest BCUT2D eigenvalue weighted by Gasteiger charge is 2.06. The van der Waals surface area contributed by atoms with E-state index in [0.717, 1.165) is 11.9 Å². The first-order chi connectivity index (χ1) is 7.70. The van der Waals surface area contributed by atoms with Crippen molar-refractivity contribution in [3.63, 3.8) is 0 Å². The van der Waals surface area contributed by atoms with Crippen molar-refractivity contribution in [2.45, 2.75) is 40.0 Å². The van der Waals surface area contributed by atoms with E-state index in [4.69, 9.17) is 4.42 Å². The molecule has 0 radical (unpaired) electrons. The summed E-state index contributed by atoms with van der Waals surface area (Å²) < 4.78 is 4.93. The largest absolute Gasteiger partial charge is 0.417 e. The van der Waals surface area contributed by atoms with Gasteiger partial charge in [0.25, 0.3) is 0 Å². The van der Waals surface area contributed by atoms with E-state index >= 15 is 0 Å². The van der Waals surface area contributed by atoms with Crippen molar-refractivity contribution in [2.75, 3.05) is 0 Å². The van der Waals surface area contributed by atoms with Crippen LogP contribution in [-0.2, 0) is 0 Å². The molecule has 2 rings (SSSR count). The van der Waals surface area contributed by atoms with Crippen molar-refractivity contribution in [2.24, 2.45) is 0 Å². The van der Waals surface area contributed by atoms with Crippen molar-refractivity contribution in [3.05, 3.63) is 34.3 Å². The number of benzene rings is 1. The van der Waals surface area contributed by atoms with Gasteiger partial charge in [-0.15, -0.1) is 0 Å². The van der Waals surface area contributed by atoms with Crippen LogP contribution in [0.2, 0.25) is 0 Å². The van der Waals surface area contributed by atoms with Crippen LogP contribution >= 0.6 is 0 Å². The van der Waals surface area contributed by atoms with Crippen molar-refractivity contribution >= 4 is 11.1 Å². The number of aromatic amines is 1. The Morgan fingerprint density at radius 2 is 2.12 bits per heavy atom. The summed E-state index contributed by atoms with van der Waals surface area (Å²) in [6, 6.07) is 5.83. The summed E-state index contributed by atoms with van der Waals surface area (Å²) >= 11 is 0.